The number of alkyl halides is 3. The van der Waals surface area contributed by atoms with Crippen LogP contribution in [0.25, 0.3) is 0 Å². The van der Waals surface area contributed by atoms with Gasteiger partial charge in [-0.05, 0) is 0 Å². The van der Waals surface area contributed by atoms with Gasteiger partial charge < -0.3 is 4.98 Å². The molecule has 0 bridgehead atoms. The molecule has 2 nitrogen and oxygen atoms in total. The molecule has 72 valence electrons. The molecule has 1 heterocycles. The van der Waals surface area contributed by atoms with Gasteiger partial charge in [-0.3, -0.25) is 4.79 Å². The molecule has 6 heteroatoms. The Labute approximate surface area is 76.3 Å². The lowest BCUT2D eigenvalue weighted by Crippen LogP contribution is -2.16. The van der Waals surface area contributed by atoms with E-state index in [0.29, 0.717) is 6.20 Å². The lowest BCUT2D eigenvalue weighted by Gasteiger charge is -2.04. The molecule has 0 atom stereocenters. The Morgan fingerprint density at radius 3 is 2.54 bits per heavy atom. The third kappa shape index (κ3) is 1.85. The smallest absolute Gasteiger partial charge is 0.269 e. The number of aromatic nitrogens is 1. The van der Waals surface area contributed by atoms with E-state index in [-0.39, 0.29) is 0 Å². The van der Waals surface area contributed by atoms with Crippen molar-refractivity contribution in [3.8, 4) is 0 Å². The first kappa shape index (κ1) is 10.1. The summed E-state index contributed by atoms with van der Waals surface area (Å²) in [5.74, 6) is -1.37. The summed E-state index contributed by atoms with van der Waals surface area (Å²) in [5, 5.41) is 0. The average Bonchev–Trinajstić information content (AvgIpc) is 2.07. The molecule has 0 unspecified atom stereocenters. The fraction of sp³-hybridized carbons (Fsp3) is 0.286. The summed E-state index contributed by atoms with van der Waals surface area (Å²) >= 11 is 5.23. The van der Waals surface area contributed by atoms with E-state index in [1.807, 2.05) is 4.98 Å². The van der Waals surface area contributed by atoms with E-state index >= 15 is 0 Å². The van der Waals surface area contributed by atoms with Crippen molar-refractivity contribution >= 4 is 11.6 Å². The Morgan fingerprint density at radius 1 is 1.54 bits per heavy atom. The zero-order valence-corrected chi connectivity index (χ0v) is 7.04. The Balaban J connectivity index is 3.44. The van der Waals surface area contributed by atoms with Crippen LogP contribution in [0.1, 0.15) is 17.6 Å². The van der Waals surface area contributed by atoms with Crippen LogP contribution in [-0.2, 0) is 5.88 Å². The van der Waals surface area contributed by atoms with Crippen molar-refractivity contribution in [2.24, 2.45) is 0 Å². The summed E-state index contributed by atoms with van der Waals surface area (Å²) in [4.78, 5) is 12.7. The maximum absolute atomic E-state index is 12.8. The molecule has 0 spiro atoms. The van der Waals surface area contributed by atoms with Crippen molar-refractivity contribution in [3.63, 3.8) is 0 Å². The SMILES string of the molecule is O=c1[nH]cc(F)c(CCl)c1C(F)F. The van der Waals surface area contributed by atoms with Gasteiger partial charge in [0.1, 0.15) is 5.82 Å². The Bertz CT molecular complexity index is 363. The van der Waals surface area contributed by atoms with Gasteiger partial charge in [0.25, 0.3) is 12.0 Å². The van der Waals surface area contributed by atoms with Gasteiger partial charge in [-0.15, -0.1) is 11.6 Å². The highest BCUT2D eigenvalue weighted by Gasteiger charge is 2.19. The molecule has 1 N–H and O–H groups in total. The Hall–Kier alpha value is -0.970. The zero-order valence-electron chi connectivity index (χ0n) is 6.28. The summed E-state index contributed by atoms with van der Waals surface area (Å²) in [7, 11) is 0. The van der Waals surface area contributed by atoms with Crippen molar-refractivity contribution < 1.29 is 13.2 Å². The number of H-pyrrole nitrogens is 1. The first-order chi connectivity index (χ1) is 6.07. The van der Waals surface area contributed by atoms with E-state index in [9.17, 15) is 18.0 Å². The second kappa shape index (κ2) is 3.83. The molecule has 0 aliphatic rings. The van der Waals surface area contributed by atoms with Crippen LogP contribution < -0.4 is 5.56 Å². The van der Waals surface area contributed by atoms with E-state index in [1.54, 1.807) is 0 Å². The van der Waals surface area contributed by atoms with Crippen molar-refractivity contribution in [2.45, 2.75) is 12.3 Å². The molecule has 0 fully saturated rings. The monoisotopic (exact) mass is 211 g/mol. The Kier molecular flexibility index (Phi) is 2.98. The maximum atomic E-state index is 12.8. The number of halogens is 4. The zero-order chi connectivity index (χ0) is 10.0. The van der Waals surface area contributed by atoms with Crippen molar-refractivity contribution in [3.05, 3.63) is 33.5 Å². The van der Waals surface area contributed by atoms with Gasteiger partial charge in [-0.25, -0.2) is 13.2 Å². The predicted molar refractivity (Wildman–Crippen MR) is 41.5 cm³/mol. The lowest BCUT2D eigenvalue weighted by molar-refractivity contribution is 0.148. The third-order valence-electron chi connectivity index (χ3n) is 1.54. The first-order valence-electron chi connectivity index (χ1n) is 3.32. The predicted octanol–water partition coefficient (Wildman–Crippen LogP) is 2.19. The van der Waals surface area contributed by atoms with E-state index in [1.165, 1.54) is 0 Å². The highest BCUT2D eigenvalue weighted by atomic mass is 35.5. The molecule has 0 aliphatic carbocycles. The molecule has 0 aromatic carbocycles. The number of aromatic amines is 1. The molecule has 1 rings (SSSR count). The van der Waals surface area contributed by atoms with Gasteiger partial charge in [-0.2, -0.15) is 0 Å². The van der Waals surface area contributed by atoms with Crippen LogP contribution in [0.15, 0.2) is 11.0 Å². The van der Waals surface area contributed by atoms with Crippen molar-refractivity contribution in [1.82, 2.24) is 4.98 Å². The fourth-order valence-electron chi connectivity index (χ4n) is 0.926. The highest BCUT2D eigenvalue weighted by molar-refractivity contribution is 6.17. The van der Waals surface area contributed by atoms with Crippen LogP contribution >= 0.6 is 11.6 Å². The summed E-state index contributed by atoms with van der Waals surface area (Å²) in [6.07, 6.45) is -2.31. The number of hydrogen-bond acceptors (Lipinski definition) is 1. The van der Waals surface area contributed by atoms with E-state index in [2.05, 4.69) is 0 Å². The number of pyridine rings is 1. The lowest BCUT2D eigenvalue weighted by atomic mass is 10.1. The van der Waals surface area contributed by atoms with Crippen LogP contribution in [0.3, 0.4) is 0 Å². The molecule has 0 saturated carbocycles. The Morgan fingerprint density at radius 2 is 2.15 bits per heavy atom. The normalized spacial score (nSPS) is 10.8. The molecule has 0 radical (unpaired) electrons. The van der Waals surface area contributed by atoms with Crippen LogP contribution in [-0.4, -0.2) is 4.98 Å². The molecule has 0 aliphatic heterocycles. The minimum absolute atomic E-state index is 0.444. The van der Waals surface area contributed by atoms with Crippen LogP contribution in [0.5, 0.6) is 0 Å². The van der Waals surface area contributed by atoms with Gasteiger partial charge >= 0.3 is 0 Å². The summed E-state index contributed by atoms with van der Waals surface area (Å²) < 4.78 is 37.2. The minimum Gasteiger partial charge on any atom is -0.326 e. The van der Waals surface area contributed by atoms with Gasteiger partial charge in [-0.1, -0.05) is 0 Å². The molecule has 1 aromatic rings. The third-order valence-corrected chi connectivity index (χ3v) is 1.81. The first-order valence-corrected chi connectivity index (χ1v) is 3.85. The van der Waals surface area contributed by atoms with Crippen molar-refractivity contribution in [1.29, 1.82) is 0 Å². The maximum Gasteiger partial charge on any atom is 0.269 e. The van der Waals surface area contributed by atoms with Crippen LogP contribution in [0.2, 0.25) is 0 Å². The molecular formula is C7H5ClF3NO. The molecule has 0 saturated heterocycles. The fourth-order valence-corrected chi connectivity index (χ4v) is 1.20. The van der Waals surface area contributed by atoms with Crippen molar-refractivity contribution in [2.75, 3.05) is 0 Å². The second-order valence-corrected chi connectivity index (χ2v) is 2.56. The summed E-state index contributed by atoms with van der Waals surface area (Å²) in [6.45, 7) is 0. The average molecular weight is 212 g/mol. The molecule has 0 amide bonds. The topological polar surface area (TPSA) is 32.9 Å². The van der Waals surface area contributed by atoms with Gasteiger partial charge in [0.05, 0.1) is 11.4 Å². The molecule has 1 aromatic heterocycles. The van der Waals surface area contributed by atoms with E-state index < -0.39 is 34.8 Å². The number of nitrogens with one attached hydrogen (secondary N) is 1. The molecule has 13 heavy (non-hydrogen) atoms. The van der Waals surface area contributed by atoms with Crippen LogP contribution in [0.4, 0.5) is 13.2 Å². The quantitative estimate of drug-likeness (QED) is 0.748. The number of rotatable bonds is 2. The second-order valence-electron chi connectivity index (χ2n) is 2.29. The minimum atomic E-state index is -3.02. The number of hydrogen-bond donors (Lipinski definition) is 1. The van der Waals surface area contributed by atoms with Gasteiger partial charge in [0, 0.05) is 11.8 Å². The largest absolute Gasteiger partial charge is 0.326 e. The molecular weight excluding hydrogens is 207 g/mol. The van der Waals surface area contributed by atoms with Crippen LogP contribution in [0, 0.1) is 5.82 Å². The standard InChI is InChI=1S/C7H5ClF3NO/c8-1-3-4(9)2-12-7(13)5(3)6(10)11/h2,6H,1H2,(H,12,13). The summed E-state index contributed by atoms with van der Waals surface area (Å²) in [6, 6.07) is 0. The van der Waals surface area contributed by atoms with Gasteiger partial charge in [0.15, 0.2) is 0 Å². The van der Waals surface area contributed by atoms with Gasteiger partial charge in [0.2, 0.25) is 0 Å². The summed E-state index contributed by atoms with van der Waals surface area (Å²) in [5.41, 5.74) is -2.34. The van der Waals surface area contributed by atoms with E-state index in [0.717, 1.165) is 0 Å². The highest BCUT2D eigenvalue weighted by Crippen LogP contribution is 2.21. The van der Waals surface area contributed by atoms with E-state index in [4.69, 9.17) is 11.6 Å².